The summed E-state index contributed by atoms with van der Waals surface area (Å²) in [5, 5.41) is 4.45. The smallest absolute Gasteiger partial charge is 0.143 e. The topological polar surface area (TPSA) is 71.4 Å². The number of anilines is 1. The molecule has 0 aliphatic rings. The van der Waals surface area contributed by atoms with Gasteiger partial charge in [-0.3, -0.25) is 0 Å². The Morgan fingerprint density at radius 3 is 3.00 bits per heavy atom. The number of aromatic amines is 1. The molecule has 104 valence electrons. The van der Waals surface area contributed by atoms with Gasteiger partial charge in [0.15, 0.2) is 0 Å². The van der Waals surface area contributed by atoms with Crippen molar-refractivity contribution in [2.24, 2.45) is 0 Å². The molecule has 0 bridgehead atoms. The van der Waals surface area contributed by atoms with Gasteiger partial charge in [-0.25, -0.2) is 15.0 Å². The lowest BCUT2D eigenvalue weighted by Crippen LogP contribution is -2.08. The van der Waals surface area contributed by atoms with E-state index in [0.717, 1.165) is 47.9 Å². The van der Waals surface area contributed by atoms with Crippen molar-refractivity contribution < 1.29 is 0 Å². The van der Waals surface area contributed by atoms with Crippen molar-refractivity contribution >= 4 is 16.9 Å². The second kappa shape index (κ2) is 5.32. The van der Waals surface area contributed by atoms with Gasteiger partial charge in [0.1, 0.15) is 17.3 Å². The van der Waals surface area contributed by atoms with Crippen molar-refractivity contribution in [3.05, 3.63) is 36.3 Å². The van der Waals surface area contributed by atoms with E-state index in [2.05, 4.69) is 35.9 Å². The van der Waals surface area contributed by atoms with Gasteiger partial charge in [0.05, 0.1) is 11.7 Å². The van der Waals surface area contributed by atoms with Crippen LogP contribution in [0.5, 0.6) is 0 Å². The molecule has 0 atom stereocenters. The number of fused-ring (bicyclic) bond motifs is 1. The third kappa shape index (κ3) is 2.64. The van der Waals surface area contributed by atoms with Gasteiger partial charge < -0.3 is 14.9 Å². The molecule has 6 heteroatoms. The average molecular weight is 270 g/mol. The Labute approximate surface area is 117 Å². The lowest BCUT2D eigenvalue weighted by atomic mass is 10.3. The highest BCUT2D eigenvalue weighted by Crippen LogP contribution is 2.20. The van der Waals surface area contributed by atoms with Gasteiger partial charge in [-0.2, -0.15) is 0 Å². The molecule has 0 aliphatic heterocycles. The van der Waals surface area contributed by atoms with E-state index in [1.807, 2.05) is 26.4 Å². The second-order valence-electron chi connectivity index (χ2n) is 4.91. The molecule has 20 heavy (non-hydrogen) atoms. The molecule has 0 fully saturated rings. The molecule has 0 saturated heterocycles. The highest BCUT2D eigenvalue weighted by Gasteiger charge is 2.07. The molecule has 3 aromatic heterocycles. The summed E-state index contributed by atoms with van der Waals surface area (Å²) in [6.07, 6.45) is 6.63. The zero-order valence-corrected chi connectivity index (χ0v) is 11.7. The van der Waals surface area contributed by atoms with Crippen LogP contribution in [0.25, 0.3) is 11.0 Å². The fraction of sp³-hybridized carbons (Fsp3) is 0.357. The number of hydrogen-bond donors (Lipinski definition) is 2. The van der Waals surface area contributed by atoms with E-state index in [0.29, 0.717) is 0 Å². The van der Waals surface area contributed by atoms with Crippen LogP contribution in [0.15, 0.2) is 24.8 Å². The van der Waals surface area contributed by atoms with E-state index < -0.39 is 0 Å². The maximum atomic E-state index is 4.49. The minimum absolute atomic E-state index is 0.774. The van der Waals surface area contributed by atoms with Gasteiger partial charge in [-0.15, -0.1) is 0 Å². The van der Waals surface area contributed by atoms with Crippen LogP contribution in [0, 0.1) is 13.8 Å². The predicted molar refractivity (Wildman–Crippen MR) is 78.7 cm³/mol. The number of nitrogens with one attached hydrogen (secondary N) is 2. The summed E-state index contributed by atoms with van der Waals surface area (Å²) in [5.41, 5.74) is 1.99. The van der Waals surface area contributed by atoms with Crippen LogP contribution < -0.4 is 5.32 Å². The summed E-state index contributed by atoms with van der Waals surface area (Å²) in [7, 11) is 0. The standard InChI is InChI=1S/C14H18N6/c1-10-8-12-13(18-11(2)19-14(12)17-10)16-4-3-6-20-7-5-15-9-20/h5,7-9H,3-4,6H2,1-2H3,(H2,16,17,18,19). The molecule has 0 radical (unpaired) electrons. The summed E-state index contributed by atoms with van der Waals surface area (Å²) >= 11 is 0. The zero-order valence-electron chi connectivity index (χ0n) is 11.7. The van der Waals surface area contributed by atoms with Crippen LogP contribution in [-0.2, 0) is 6.54 Å². The quantitative estimate of drug-likeness (QED) is 0.698. The number of nitrogens with zero attached hydrogens (tertiary/aromatic N) is 4. The molecule has 0 unspecified atom stereocenters. The molecule has 3 heterocycles. The van der Waals surface area contributed by atoms with Crippen molar-refractivity contribution in [3.63, 3.8) is 0 Å². The van der Waals surface area contributed by atoms with Gasteiger partial charge in [0.2, 0.25) is 0 Å². The van der Waals surface area contributed by atoms with E-state index in [4.69, 9.17) is 0 Å². The van der Waals surface area contributed by atoms with Crippen molar-refractivity contribution in [2.45, 2.75) is 26.8 Å². The first-order chi connectivity index (χ1) is 9.72. The molecule has 2 N–H and O–H groups in total. The van der Waals surface area contributed by atoms with E-state index in [-0.39, 0.29) is 0 Å². The molecule has 0 aromatic carbocycles. The minimum Gasteiger partial charge on any atom is -0.369 e. The third-order valence-electron chi connectivity index (χ3n) is 3.18. The average Bonchev–Trinajstić information content (AvgIpc) is 3.02. The molecular formula is C14H18N6. The lowest BCUT2D eigenvalue weighted by Gasteiger charge is -2.07. The summed E-state index contributed by atoms with van der Waals surface area (Å²) in [4.78, 5) is 16.2. The number of imidazole rings is 1. The Morgan fingerprint density at radius 1 is 1.30 bits per heavy atom. The Bertz CT molecular complexity index is 698. The van der Waals surface area contributed by atoms with Crippen molar-refractivity contribution in [1.82, 2.24) is 24.5 Å². The summed E-state index contributed by atoms with van der Waals surface area (Å²) in [5.74, 6) is 1.68. The monoisotopic (exact) mass is 270 g/mol. The first kappa shape index (κ1) is 12.7. The largest absolute Gasteiger partial charge is 0.369 e. The first-order valence-electron chi connectivity index (χ1n) is 6.76. The molecule has 0 aliphatic carbocycles. The van der Waals surface area contributed by atoms with Crippen molar-refractivity contribution in [1.29, 1.82) is 0 Å². The van der Waals surface area contributed by atoms with Crippen LogP contribution >= 0.6 is 0 Å². The predicted octanol–water partition coefficient (Wildman–Crippen LogP) is 2.27. The van der Waals surface area contributed by atoms with E-state index in [1.165, 1.54) is 0 Å². The van der Waals surface area contributed by atoms with E-state index in [9.17, 15) is 0 Å². The molecule has 6 nitrogen and oxygen atoms in total. The summed E-state index contributed by atoms with van der Waals surface area (Å²) in [6, 6.07) is 2.08. The molecule has 0 amide bonds. The second-order valence-corrected chi connectivity index (χ2v) is 4.91. The fourth-order valence-corrected chi connectivity index (χ4v) is 2.27. The highest BCUT2D eigenvalue weighted by atomic mass is 15.1. The Kier molecular flexibility index (Phi) is 3.37. The van der Waals surface area contributed by atoms with Gasteiger partial charge >= 0.3 is 0 Å². The zero-order chi connectivity index (χ0) is 13.9. The molecule has 3 rings (SSSR count). The number of rotatable bonds is 5. The number of aryl methyl sites for hydroxylation is 3. The maximum absolute atomic E-state index is 4.49. The number of H-pyrrole nitrogens is 1. The first-order valence-corrected chi connectivity index (χ1v) is 6.76. The van der Waals surface area contributed by atoms with Gasteiger partial charge in [0, 0.05) is 31.2 Å². The number of aromatic nitrogens is 5. The minimum atomic E-state index is 0.774. The van der Waals surface area contributed by atoms with Crippen molar-refractivity contribution in [3.8, 4) is 0 Å². The van der Waals surface area contributed by atoms with Gasteiger partial charge in [-0.05, 0) is 26.3 Å². The van der Waals surface area contributed by atoms with Gasteiger partial charge in [0.25, 0.3) is 0 Å². The molecular weight excluding hydrogens is 252 g/mol. The van der Waals surface area contributed by atoms with E-state index >= 15 is 0 Å². The van der Waals surface area contributed by atoms with Crippen LogP contribution in [0.3, 0.4) is 0 Å². The maximum Gasteiger partial charge on any atom is 0.143 e. The summed E-state index contributed by atoms with van der Waals surface area (Å²) in [6.45, 7) is 5.76. The SMILES string of the molecule is Cc1nc(NCCCn2ccnc2)c2cc(C)[nH]c2n1. The van der Waals surface area contributed by atoms with Gasteiger partial charge in [-0.1, -0.05) is 0 Å². The number of hydrogen-bond acceptors (Lipinski definition) is 4. The third-order valence-corrected chi connectivity index (χ3v) is 3.18. The fourth-order valence-electron chi connectivity index (χ4n) is 2.27. The van der Waals surface area contributed by atoms with Crippen LogP contribution in [-0.4, -0.2) is 31.0 Å². The normalized spacial score (nSPS) is 11.1. The lowest BCUT2D eigenvalue weighted by molar-refractivity contribution is 0.660. The van der Waals surface area contributed by atoms with Crippen LogP contribution in [0.1, 0.15) is 17.9 Å². The highest BCUT2D eigenvalue weighted by molar-refractivity contribution is 5.87. The molecule has 0 saturated carbocycles. The Balaban J connectivity index is 1.67. The Hall–Kier alpha value is -2.37. The van der Waals surface area contributed by atoms with Crippen LogP contribution in [0.2, 0.25) is 0 Å². The van der Waals surface area contributed by atoms with E-state index in [1.54, 1.807) is 6.20 Å². The summed E-state index contributed by atoms with van der Waals surface area (Å²) < 4.78 is 2.07. The molecule has 0 spiro atoms. The van der Waals surface area contributed by atoms with Crippen LogP contribution in [0.4, 0.5) is 5.82 Å². The Morgan fingerprint density at radius 2 is 2.20 bits per heavy atom. The van der Waals surface area contributed by atoms with Crippen molar-refractivity contribution in [2.75, 3.05) is 11.9 Å². The molecule has 3 aromatic rings.